The van der Waals surface area contributed by atoms with Gasteiger partial charge in [-0.15, -0.1) is 0 Å². The van der Waals surface area contributed by atoms with Gasteiger partial charge < -0.3 is 34.4 Å². The zero-order chi connectivity index (χ0) is 33.3. The number of carbonyl (C=O) groups is 4. The Labute approximate surface area is 278 Å². The molecule has 4 aliphatic rings. The first-order valence-corrected chi connectivity index (χ1v) is 16.1. The fourth-order valence-corrected chi connectivity index (χ4v) is 7.34. The molecular formula is C35H38ClN3O8. The van der Waals surface area contributed by atoms with E-state index in [2.05, 4.69) is 5.32 Å². The second-order valence-electron chi connectivity index (χ2n) is 12.3. The van der Waals surface area contributed by atoms with Crippen LogP contribution in [0.4, 0.5) is 5.69 Å². The number of halogens is 1. The quantitative estimate of drug-likeness (QED) is 0.356. The van der Waals surface area contributed by atoms with E-state index in [-0.39, 0.29) is 25.5 Å². The van der Waals surface area contributed by atoms with E-state index in [9.17, 15) is 24.3 Å². The molecule has 12 heteroatoms. The van der Waals surface area contributed by atoms with Crippen molar-refractivity contribution >= 4 is 41.0 Å². The summed E-state index contributed by atoms with van der Waals surface area (Å²) in [6, 6.07) is 13.1. The first kappa shape index (κ1) is 32.9. The number of hydrogen-bond donors (Lipinski definition) is 2. The molecule has 0 radical (unpaired) electrons. The molecule has 248 valence electrons. The van der Waals surface area contributed by atoms with E-state index >= 15 is 0 Å². The van der Waals surface area contributed by atoms with Gasteiger partial charge in [-0.1, -0.05) is 66.2 Å². The summed E-state index contributed by atoms with van der Waals surface area (Å²) < 4.78 is 18.2. The zero-order valence-electron chi connectivity index (χ0n) is 26.2. The number of aliphatic hydroxyl groups is 1. The van der Waals surface area contributed by atoms with E-state index in [1.807, 2.05) is 12.1 Å². The van der Waals surface area contributed by atoms with Crippen molar-refractivity contribution in [3.63, 3.8) is 0 Å². The average molecular weight is 664 g/mol. The van der Waals surface area contributed by atoms with Crippen LogP contribution in [0.5, 0.6) is 0 Å². The molecule has 4 heterocycles. The second kappa shape index (κ2) is 13.6. The van der Waals surface area contributed by atoms with Crippen molar-refractivity contribution < 1.29 is 38.5 Å². The van der Waals surface area contributed by atoms with Crippen LogP contribution in [-0.4, -0.2) is 90.4 Å². The van der Waals surface area contributed by atoms with Crippen molar-refractivity contribution in [2.75, 3.05) is 31.8 Å². The highest BCUT2D eigenvalue weighted by atomic mass is 35.5. The fourth-order valence-electron chi connectivity index (χ4n) is 7.21. The van der Waals surface area contributed by atoms with Gasteiger partial charge in [-0.2, -0.15) is 0 Å². The maximum Gasteiger partial charge on any atom is 0.313 e. The number of ether oxygens (including phenoxy) is 3. The van der Waals surface area contributed by atoms with Crippen molar-refractivity contribution in [1.82, 2.24) is 10.2 Å². The van der Waals surface area contributed by atoms with Gasteiger partial charge in [0.05, 0.1) is 37.3 Å². The van der Waals surface area contributed by atoms with Crippen LogP contribution in [0.25, 0.3) is 0 Å². The Kier molecular flexibility index (Phi) is 9.52. The number of likely N-dealkylation sites (tertiary alicyclic amines) is 1. The third-order valence-electron chi connectivity index (χ3n) is 9.38. The van der Waals surface area contributed by atoms with E-state index in [0.717, 1.165) is 0 Å². The summed E-state index contributed by atoms with van der Waals surface area (Å²) in [5.41, 5.74) is -0.309. The molecular weight excluding hydrogens is 626 g/mol. The fraction of sp³-hybridized carbons (Fsp3) is 0.429. The molecule has 11 nitrogen and oxygen atoms in total. The maximum absolute atomic E-state index is 14.7. The lowest BCUT2D eigenvalue weighted by atomic mass is 9.74. The first-order chi connectivity index (χ1) is 22.7. The van der Waals surface area contributed by atoms with Crippen molar-refractivity contribution in [3.05, 3.63) is 89.5 Å². The van der Waals surface area contributed by atoms with Gasteiger partial charge in [-0.3, -0.25) is 19.2 Å². The number of anilines is 1. The predicted octanol–water partition coefficient (Wildman–Crippen LogP) is 2.97. The number of fused-ring (bicyclic) bond motifs is 2. The molecule has 47 heavy (non-hydrogen) atoms. The van der Waals surface area contributed by atoms with Crippen LogP contribution in [0.2, 0.25) is 5.02 Å². The van der Waals surface area contributed by atoms with Crippen molar-refractivity contribution in [2.24, 2.45) is 11.8 Å². The normalized spacial score (nSPS) is 32.3. The lowest BCUT2D eigenvalue weighted by Crippen LogP contribution is -2.58. The Morgan fingerprint density at radius 1 is 1.06 bits per heavy atom. The summed E-state index contributed by atoms with van der Waals surface area (Å²) in [6.45, 7) is 1.42. The number of aliphatic hydroxyl groups excluding tert-OH is 1. The number of nitrogens with zero attached hydrogens (tertiary/aromatic N) is 2. The number of methoxy groups -OCH3 is 1. The van der Waals surface area contributed by atoms with E-state index in [0.29, 0.717) is 22.7 Å². The summed E-state index contributed by atoms with van der Waals surface area (Å²) >= 11 is 6.16. The Hall–Kier alpha value is -4.03. The highest BCUT2D eigenvalue weighted by Gasteiger charge is 2.74. The third-order valence-corrected chi connectivity index (χ3v) is 9.64. The van der Waals surface area contributed by atoms with Crippen LogP contribution in [0.15, 0.2) is 78.9 Å². The lowest BCUT2D eigenvalue weighted by molar-refractivity contribution is -0.162. The smallest absolute Gasteiger partial charge is 0.313 e. The molecule has 2 aromatic rings. The number of carbonyl (C=O) groups excluding carboxylic acids is 4. The van der Waals surface area contributed by atoms with Gasteiger partial charge in [0.2, 0.25) is 11.8 Å². The Morgan fingerprint density at radius 2 is 1.81 bits per heavy atom. The third kappa shape index (κ3) is 5.97. The molecule has 0 aromatic heterocycles. The average Bonchev–Trinajstić information content (AvgIpc) is 3.72. The van der Waals surface area contributed by atoms with E-state index < -0.39 is 72.2 Å². The Morgan fingerprint density at radius 3 is 2.51 bits per heavy atom. The van der Waals surface area contributed by atoms with E-state index in [1.165, 1.54) is 16.9 Å². The minimum absolute atomic E-state index is 0.0552. The van der Waals surface area contributed by atoms with Crippen LogP contribution < -0.4 is 10.2 Å². The van der Waals surface area contributed by atoms with Crippen molar-refractivity contribution in [3.8, 4) is 0 Å². The second-order valence-corrected chi connectivity index (χ2v) is 12.7. The molecule has 4 aliphatic heterocycles. The molecule has 2 fully saturated rings. The standard InChI is InChI=1S/C35H38ClN3O8/c1-21(19-40)39-31-33(43)38(24-14-12-23(36)13-15-24)18-8-4-7-11-27(41)37-25(20-45-2)30(22-9-5-3-6-10-22)46-34(44)28-26-16-17-35(31,47-26)29(28)32(39)42/h3-6,8-10,12-17,21,25-26,28-31,40H,7,11,18-20H2,1-2H3,(H,37,41)/b8-4-/t21-,25-,26+,28-,29-,30-,31+,35-/m1/s1. The number of allylic oxidation sites excluding steroid dienone is 1. The molecule has 0 saturated carbocycles. The molecule has 0 aliphatic carbocycles. The molecule has 8 atom stereocenters. The molecule has 0 unspecified atom stereocenters. The monoisotopic (exact) mass is 663 g/mol. The summed E-state index contributed by atoms with van der Waals surface area (Å²) in [5.74, 6) is -4.06. The summed E-state index contributed by atoms with van der Waals surface area (Å²) in [7, 11) is 1.50. The van der Waals surface area contributed by atoms with Crippen molar-refractivity contribution in [1.29, 1.82) is 0 Å². The van der Waals surface area contributed by atoms with Gasteiger partial charge >= 0.3 is 5.97 Å². The number of benzene rings is 2. The number of nitrogens with one attached hydrogen (secondary N) is 1. The summed E-state index contributed by atoms with van der Waals surface area (Å²) in [6.07, 6.45) is 5.78. The van der Waals surface area contributed by atoms with Gasteiger partial charge in [-0.05, 0) is 43.2 Å². The van der Waals surface area contributed by atoms with Crippen molar-refractivity contribution in [2.45, 2.75) is 55.7 Å². The number of esters is 1. The number of rotatable bonds is 6. The van der Waals surface area contributed by atoms with Gasteiger partial charge in [0.25, 0.3) is 5.91 Å². The Bertz CT molecular complexity index is 1570. The van der Waals surface area contributed by atoms with Crippen LogP contribution in [0.1, 0.15) is 31.4 Å². The minimum Gasteiger partial charge on any atom is -0.455 e. The first-order valence-electron chi connectivity index (χ1n) is 15.8. The maximum atomic E-state index is 14.7. The van der Waals surface area contributed by atoms with Crippen LogP contribution >= 0.6 is 11.6 Å². The Balaban J connectivity index is 1.46. The number of amides is 3. The molecule has 2 aromatic carbocycles. The molecule has 3 amide bonds. The highest BCUT2D eigenvalue weighted by molar-refractivity contribution is 6.30. The van der Waals surface area contributed by atoms with Crippen LogP contribution in [0.3, 0.4) is 0 Å². The molecule has 5 bridgehead atoms. The van der Waals surface area contributed by atoms with Gasteiger partial charge in [0.15, 0.2) is 0 Å². The van der Waals surface area contributed by atoms with E-state index in [4.69, 9.17) is 25.8 Å². The lowest BCUT2D eigenvalue weighted by Gasteiger charge is -2.37. The zero-order valence-corrected chi connectivity index (χ0v) is 26.9. The molecule has 2 N–H and O–H groups in total. The SMILES string of the molecule is COC[C@H]1NC(=O)CC/C=C\CN(c2ccc(Cl)cc2)C(=O)[C@@H]2N([C@H](C)CO)C(=O)[C@H]3[C@H](C(=O)O[C@@H]1c1ccccc1)[C@@H]1C=C[C@]23O1. The number of cyclic esters (lactones) is 1. The molecule has 6 rings (SSSR count). The topological polar surface area (TPSA) is 135 Å². The summed E-state index contributed by atoms with van der Waals surface area (Å²) in [4.78, 5) is 59.4. The summed E-state index contributed by atoms with van der Waals surface area (Å²) in [5, 5.41) is 13.7. The van der Waals surface area contributed by atoms with Gasteiger partial charge in [0.1, 0.15) is 23.7 Å². The van der Waals surface area contributed by atoms with Crippen LogP contribution in [-0.2, 0) is 33.4 Å². The largest absolute Gasteiger partial charge is 0.455 e. The molecule has 1 spiro atoms. The van der Waals surface area contributed by atoms with Gasteiger partial charge in [0, 0.05) is 30.8 Å². The molecule has 2 saturated heterocycles. The van der Waals surface area contributed by atoms with Crippen LogP contribution in [0, 0.1) is 11.8 Å². The highest BCUT2D eigenvalue weighted by Crippen LogP contribution is 2.56. The predicted molar refractivity (Wildman–Crippen MR) is 172 cm³/mol. The minimum atomic E-state index is -1.48. The van der Waals surface area contributed by atoms with E-state index in [1.54, 1.807) is 73.7 Å². The van der Waals surface area contributed by atoms with Gasteiger partial charge in [-0.25, -0.2) is 0 Å². The number of hydrogen-bond acceptors (Lipinski definition) is 8.